The molecule has 3 N–H and O–H groups in total. The Morgan fingerprint density at radius 2 is 1.83 bits per heavy atom. The smallest absolute Gasteiger partial charge is 0.367 e. The number of aromatic nitrogens is 1. The number of carbonyl (C=O) groups is 1. The van der Waals surface area contributed by atoms with Gasteiger partial charge in [-0.05, 0) is 51.6 Å². The van der Waals surface area contributed by atoms with E-state index in [1.807, 2.05) is 31.9 Å². The number of nitrogens with one attached hydrogen (secondary N) is 3. The number of amides is 1. The Bertz CT molecular complexity index is 1230. The molecule has 2 aliphatic rings. The van der Waals surface area contributed by atoms with Gasteiger partial charge in [-0.1, -0.05) is 6.08 Å². The first kappa shape index (κ1) is 25.9. The normalized spacial score (nSPS) is 21.3. The number of carbonyl (C=O) groups excluding carboxylic acids is 1. The fraction of sp³-hybridized carbons (Fsp3) is 0.440. The van der Waals surface area contributed by atoms with Gasteiger partial charge < -0.3 is 20.5 Å². The van der Waals surface area contributed by atoms with Gasteiger partial charge in [0, 0.05) is 49.5 Å². The minimum atomic E-state index is -4.90. The summed E-state index contributed by atoms with van der Waals surface area (Å²) in [6, 6.07) is 3.45. The second-order valence-corrected chi connectivity index (χ2v) is 9.38. The van der Waals surface area contributed by atoms with Crippen molar-refractivity contribution in [3.8, 4) is 0 Å². The van der Waals surface area contributed by atoms with Gasteiger partial charge in [-0.25, -0.2) is 4.39 Å². The van der Waals surface area contributed by atoms with Crippen LogP contribution in [0.15, 0.2) is 35.3 Å². The van der Waals surface area contributed by atoms with Crippen molar-refractivity contribution in [2.45, 2.75) is 38.5 Å². The Morgan fingerprint density at radius 3 is 2.44 bits per heavy atom. The third kappa shape index (κ3) is 5.31. The van der Waals surface area contributed by atoms with Crippen LogP contribution in [0.1, 0.15) is 41.8 Å². The van der Waals surface area contributed by atoms with Crippen molar-refractivity contribution >= 4 is 22.9 Å². The Hall–Kier alpha value is -3.18. The van der Waals surface area contributed by atoms with Crippen molar-refractivity contribution in [1.29, 1.82) is 0 Å². The molecule has 0 aliphatic carbocycles. The van der Waals surface area contributed by atoms with Crippen LogP contribution in [0.25, 0.3) is 5.57 Å². The molecule has 3 heterocycles. The fourth-order valence-corrected chi connectivity index (χ4v) is 4.72. The number of anilines is 2. The van der Waals surface area contributed by atoms with E-state index >= 15 is 4.39 Å². The van der Waals surface area contributed by atoms with E-state index < -0.39 is 34.6 Å². The van der Waals surface area contributed by atoms with Gasteiger partial charge in [0.05, 0.1) is 22.5 Å². The molecule has 2 aromatic rings. The average Bonchev–Trinajstić information content (AvgIpc) is 2.83. The van der Waals surface area contributed by atoms with Gasteiger partial charge in [-0.3, -0.25) is 14.5 Å². The number of likely N-dealkylation sites (N-methyl/N-ethyl adjacent to an activating group) is 1. The van der Waals surface area contributed by atoms with Gasteiger partial charge >= 0.3 is 6.18 Å². The van der Waals surface area contributed by atoms with Crippen LogP contribution in [0, 0.1) is 5.82 Å². The number of halogens is 4. The Kier molecular flexibility index (Phi) is 7.24. The maximum Gasteiger partial charge on any atom is 0.417 e. The van der Waals surface area contributed by atoms with E-state index in [1.54, 1.807) is 0 Å². The molecule has 0 spiro atoms. The SMILES string of the molecule is C[C@@H]1CN(c2cc(F)c(C3=CCNCC3)cc2NC(=O)c2c[nH]c(=O)cc2C(F)(F)F)C[C@H](C)N1C. The summed E-state index contributed by atoms with van der Waals surface area (Å²) in [7, 11) is 2.00. The average molecular weight is 508 g/mol. The number of aromatic amines is 1. The first-order valence-electron chi connectivity index (χ1n) is 11.8. The molecular weight excluding hydrogens is 478 g/mol. The van der Waals surface area contributed by atoms with Crippen LogP contribution in [0.2, 0.25) is 0 Å². The highest BCUT2D eigenvalue weighted by Gasteiger charge is 2.36. The molecule has 0 saturated carbocycles. The summed E-state index contributed by atoms with van der Waals surface area (Å²) in [6.07, 6.45) is -1.72. The molecule has 1 saturated heterocycles. The molecule has 0 bridgehead atoms. The summed E-state index contributed by atoms with van der Waals surface area (Å²) < 4.78 is 56.1. The third-order valence-electron chi connectivity index (χ3n) is 6.92. The second-order valence-electron chi connectivity index (χ2n) is 9.38. The zero-order valence-electron chi connectivity index (χ0n) is 20.3. The van der Waals surface area contributed by atoms with Crippen molar-refractivity contribution < 1.29 is 22.4 Å². The summed E-state index contributed by atoms with van der Waals surface area (Å²) in [6.45, 7) is 6.37. The first-order chi connectivity index (χ1) is 17.0. The molecule has 1 fully saturated rings. The number of rotatable bonds is 4. The van der Waals surface area contributed by atoms with Crippen molar-refractivity contribution in [3.05, 3.63) is 63.3 Å². The lowest BCUT2D eigenvalue weighted by Gasteiger charge is -2.44. The summed E-state index contributed by atoms with van der Waals surface area (Å²) >= 11 is 0. The Balaban J connectivity index is 1.78. The predicted octanol–water partition coefficient (Wildman–Crippen LogP) is 3.69. The van der Waals surface area contributed by atoms with E-state index in [9.17, 15) is 22.8 Å². The number of hydrogen-bond donors (Lipinski definition) is 3. The van der Waals surface area contributed by atoms with Crippen molar-refractivity contribution in [3.63, 3.8) is 0 Å². The molecule has 2 aliphatic heterocycles. The molecule has 194 valence electrons. The minimum absolute atomic E-state index is 0.128. The molecule has 1 aromatic heterocycles. The summed E-state index contributed by atoms with van der Waals surface area (Å²) in [5.74, 6) is -1.51. The van der Waals surface area contributed by atoms with Gasteiger partial charge in [-0.15, -0.1) is 0 Å². The molecular formula is C25H29F4N5O2. The van der Waals surface area contributed by atoms with Crippen molar-refractivity contribution in [1.82, 2.24) is 15.2 Å². The van der Waals surface area contributed by atoms with E-state index in [-0.39, 0.29) is 17.8 Å². The number of piperazine rings is 1. The van der Waals surface area contributed by atoms with Crippen molar-refractivity contribution in [2.75, 3.05) is 43.4 Å². The monoisotopic (exact) mass is 507 g/mol. The minimum Gasteiger partial charge on any atom is -0.367 e. The Labute approximate surface area is 206 Å². The third-order valence-corrected chi connectivity index (χ3v) is 6.92. The van der Waals surface area contributed by atoms with E-state index in [1.165, 1.54) is 12.1 Å². The fourth-order valence-electron chi connectivity index (χ4n) is 4.72. The van der Waals surface area contributed by atoms with Crippen LogP contribution < -0.4 is 21.1 Å². The number of alkyl halides is 3. The molecule has 2 atom stereocenters. The number of nitrogens with zero attached hydrogens (tertiary/aromatic N) is 2. The maximum absolute atomic E-state index is 15.4. The topological polar surface area (TPSA) is 80.5 Å². The summed E-state index contributed by atoms with van der Waals surface area (Å²) in [5.41, 5.74) is -1.38. The Morgan fingerprint density at radius 1 is 1.14 bits per heavy atom. The van der Waals surface area contributed by atoms with Gasteiger partial charge in [0.1, 0.15) is 5.82 Å². The largest absolute Gasteiger partial charge is 0.417 e. The number of benzene rings is 1. The molecule has 7 nitrogen and oxygen atoms in total. The highest BCUT2D eigenvalue weighted by molar-refractivity contribution is 6.07. The predicted molar refractivity (Wildman–Crippen MR) is 131 cm³/mol. The molecule has 4 rings (SSSR count). The van der Waals surface area contributed by atoms with Gasteiger partial charge in [0.15, 0.2) is 0 Å². The van der Waals surface area contributed by atoms with Crippen LogP contribution >= 0.6 is 0 Å². The van der Waals surface area contributed by atoms with Gasteiger partial charge in [0.2, 0.25) is 5.56 Å². The van der Waals surface area contributed by atoms with Crippen LogP contribution in [0.5, 0.6) is 0 Å². The van der Waals surface area contributed by atoms with Crippen LogP contribution in [0.3, 0.4) is 0 Å². The van der Waals surface area contributed by atoms with Crippen molar-refractivity contribution in [2.24, 2.45) is 0 Å². The molecule has 0 unspecified atom stereocenters. The number of hydrogen-bond acceptors (Lipinski definition) is 5. The molecule has 1 amide bonds. The van der Waals surface area contributed by atoms with E-state index in [0.717, 1.165) is 11.8 Å². The van der Waals surface area contributed by atoms with Crippen LogP contribution in [-0.2, 0) is 6.18 Å². The van der Waals surface area contributed by atoms with Crippen LogP contribution in [-0.4, -0.2) is 61.1 Å². The summed E-state index contributed by atoms with van der Waals surface area (Å²) in [5, 5.41) is 5.73. The number of pyridine rings is 1. The first-order valence-corrected chi connectivity index (χ1v) is 11.8. The van der Waals surface area contributed by atoms with E-state index in [0.29, 0.717) is 49.9 Å². The lowest BCUT2D eigenvalue weighted by Crippen LogP contribution is -2.55. The zero-order chi connectivity index (χ0) is 26.2. The molecule has 0 radical (unpaired) electrons. The molecule has 36 heavy (non-hydrogen) atoms. The lowest BCUT2D eigenvalue weighted by molar-refractivity contribution is -0.138. The lowest BCUT2D eigenvalue weighted by atomic mass is 9.97. The number of H-pyrrole nitrogens is 1. The molecule has 11 heteroatoms. The maximum atomic E-state index is 15.4. The zero-order valence-corrected chi connectivity index (χ0v) is 20.3. The summed E-state index contributed by atoms with van der Waals surface area (Å²) in [4.78, 5) is 30.9. The van der Waals surface area contributed by atoms with E-state index in [4.69, 9.17) is 0 Å². The quantitative estimate of drug-likeness (QED) is 0.551. The van der Waals surface area contributed by atoms with Crippen LogP contribution in [0.4, 0.5) is 28.9 Å². The highest BCUT2D eigenvalue weighted by atomic mass is 19.4. The highest BCUT2D eigenvalue weighted by Crippen LogP contribution is 2.36. The standard InChI is InChI=1S/C25H29F4N5O2/c1-14-12-34(13-15(2)33(14)3)22-10-20(26)17(16-4-6-30-7-5-16)8-21(22)32-24(36)18-11-31-23(35)9-19(18)25(27,28)29/h4,8-11,14-15,30H,5-7,12-13H2,1-3H3,(H,31,35)(H,32,36)/t14-,15+. The molecule has 1 aromatic carbocycles. The van der Waals surface area contributed by atoms with E-state index in [2.05, 4.69) is 20.5 Å². The second kappa shape index (κ2) is 10.1. The van der Waals surface area contributed by atoms with Gasteiger partial charge in [0.25, 0.3) is 5.91 Å². The van der Waals surface area contributed by atoms with Gasteiger partial charge in [-0.2, -0.15) is 13.2 Å².